The zero-order chi connectivity index (χ0) is 12.3. The molecule has 17 heavy (non-hydrogen) atoms. The van der Waals surface area contributed by atoms with Crippen molar-refractivity contribution in [3.05, 3.63) is 29.6 Å². The summed E-state index contributed by atoms with van der Waals surface area (Å²) < 4.78 is 15.9. The summed E-state index contributed by atoms with van der Waals surface area (Å²) in [6.45, 7) is 0. The standard InChI is InChI=1S/C12H15NO3S/c1-16-12(14)11-3-2-10(8-13-11)9-4-6-17(15)7-5-9/h2-3,8-9H,4-7H2,1H3. The van der Waals surface area contributed by atoms with E-state index in [-0.39, 0.29) is 0 Å². The van der Waals surface area contributed by atoms with E-state index in [1.54, 1.807) is 12.3 Å². The molecule has 0 saturated carbocycles. The van der Waals surface area contributed by atoms with Crippen LogP contribution >= 0.6 is 0 Å². The van der Waals surface area contributed by atoms with Gasteiger partial charge in [-0.3, -0.25) is 0 Å². The van der Waals surface area contributed by atoms with Crippen molar-refractivity contribution in [3.8, 4) is 0 Å². The highest BCUT2D eigenvalue weighted by Gasteiger charge is 2.23. The van der Waals surface area contributed by atoms with Gasteiger partial charge in [0.25, 0.3) is 0 Å². The van der Waals surface area contributed by atoms with Crippen LogP contribution < -0.4 is 0 Å². The predicted octanol–water partition coefficient (Wildman–Crippen LogP) is 1.49. The van der Waals surface area contributed by atoms with E-state index >= 15 is 0 Å². The molecule has 0 N–H and O–H groups in total. The molecule has 0 bridgehead atoms. The van der Waals surface area contributed by atoms with Crippen LogP contribution in [0.2, 0.25) is 0 Å². The summed E-state index contributed by atoms with van der Waals surface area (Å²) in [7, 11) is 1.34. The molecular formula is C12H15NO3S. The van der Waals surface area contributed by atoms with Crippen molar-refractivity contribution in [3.63, 3.8) is 0 Å². The second-order valence-electron chi connectivity index (χ2n) is 4.09. The van der Waals surface area contributed by atoms with E-state index in [4.69, 9.17) is 0 Å². The van der Waals surface area contributed by atoms with Crippen LogP contribution in [0.4, 0.5) is 0 Å². The lowest BCUT2D eigenvalue weighted by Crippen LogP contribution is -2.22. The van der Waals surface area contributed by atoms with Crippen molar-refractivity contribution in [2.75, 3.05) is 18.6 Å². The first kappa shape index (κ1) is 12.4. The van der Waals surface area contributed by atoms with Crippen LogP contribution in [-0.4, -0.2) is 34.1 Å². The van der Waals surface area contributed by atoms with Gasteiger partial charge in [-0.2, -0.15) is 0 Å². The highest BCUT2D eigenvalue weighted by Crippen LogP contribution is 2.28. The fraction of sp³-hybridized carbons (Fsp3) is 0.500. The SMILES string of the molecule is COC(=O)c1ccc(C2CC[S+]([O-])CC2)cn1. The number of ether oxygens (including phenoxy) is 1. The van der Waals surface area contributed by atoms with E-state index in [0.29, 0.717) is 11.6 Å². The molecule has 1 aliphatic rings. The van der Waals surface area contributed by atoms with Crippen molar-refractivity contribution in [1.29, 1.82) is 0 Å². The molecular weight excluding hydrogens is 238 g/mol. The Morgan fingerprint density at radius 2 is 2.18 bits per heavy atom. The Bertz CT molecular complexity index is 385. The van der Waals surface area contributed by atoms with Gasteiger partial charge in [0.05, 0.1) is 7.11 Å². The monoisotopic (exact) mass is 253 g/mol. The Balaban J connectivity index is 2.05. The minimum absolute atomic E-state index is 0.329. The zero-order valence-electron chi connectivity index (χ0n) is 9.72. The molecule has 2 rings (SSSR count). The lowest BCUT2D eigenvalue weighted by molar-refractivity contribution is 0.0594. The summed E-state index contributed by atoms with van der Waals surface area (Å²) in [6, 6.07) is 3.60. The molecule has 2 heterocycles. The smallest absolute Gasteiger partial charge is 0.356 e. The van der Waals surface area contributed by atoms with E-state index in [0.717, 1.165) is 29.9 Å². The van der Waals surface area contributed by atoms with E-state index < -0.39 is 17.1 Å². The minimum Gasteiger partial charge on any atom is -0.616 e. The lowest BCUT2D eigenvalue weighted by Gasteiger charge is -2.24. The normalized spacial score (nSPS) is 24.4. The average molecular weight is 253 g/mol. The van der Waals surface area contributed by atoms with Crippen molar-refractivity contribution in [2.24, 2.45) is 0 Å². The summed E-state index contributed by atoms with van der Waals surface area (Å²) in [4.78, 5) is 15.3. The first-order chi connectivity index (χ1) is 8.20. The number of hydrogen-bond acceptors (Lipinski definition) is 4. The van der Waals surface area contributed by atoms with Gasteiger partial charge < -0.3 is 9.29 Å². The van der Waals surface area contributed by atoms with Crippen LogP contribution in [0.25, 0.3) is 0 Å². The average Bonchev–Trinajstić information content (AvgIpc) is 2.39. The molecule has 1 saturated heterocycles. The molecule has 1 fully saturated rings. The quantitative estimate of drug-likeness (QED) is 0.592. The van der Waals surface area contributed by atoms with Gasteiger partial charge in [0.2, 0.25) is 0 Å². The molecule has 0 aromatic carbocycles. The number of methoxy groups -OCH3 is 1. The molecule has 0 aliphatic carbocycles. The van der Waals surface area contributed by atoms with Gasteiger partial charge in [0, 0.05) is 6.20 Å². The van der Waals surface area contributed by atoms with Crippen LogP contribution in [0.5, 0.6) is 0 Å². The molecule has 0 atom stereocenters. The second kappa shape index (κ2) is 5.51. The third-order valence-corrected chi connectivity index (χ3v) is 4.42. The molecule has 0 amide bonds. The van der Waals surface area contributed by atoms with Crippen molar-refractivity contribution >= 4 is 17.1 Å². The van der Waals surface area contributed by atoms with Gasteiger partial charge in [-0.25, -0.2) is 9.78 Å². The minimum atomic E-state index is -0.642. The van der Waals surface area contributed by atoms with Crippen molar-refractivity contribution in [2.45, 2.75) is 18.8 Å². The topological polar surface area (TPSA) is 62.2 Å². The number of rotatable bonds is 2. The maximum absolute atomic E-state index is 11.3. The first-order valence-electron chi connectivity index (χ1n) is 5.60. The number of carbonyl (C=O) groups is 1. The van der Waals surface area contributed by atoms with E-state index in [1.165, 1.54) is 7.11 Å². The van der Waals surface area contributed by atoms with Gasteiger partial charge in [-0.1, -0.05) is 17.2 Å². The summed E-state index contributed by atoms with van der Waals surface area (Å²) in [6.07, 6.45) is 3.60. The number of pyridine rings is 1. The van der Waals surface area contributed by atoms with Crippen molar-refractivity contribution < 1.29 is 14.1 Å². The largest absolute Gasteiger partial charge is 0.616 e. The molecule has 0 radical (unpaired) electrons. The highest BCUT2D eigenvalue weighted by atomic mass is 32.2. The van der Waals surface area contributed by atoms with Crippen LogP contribution in [-0.2, 0) is 15.9 Å². The van der Waals surface area contributed by atoms with Crippen LogP contribution in [0.15, 0.2) is 18.3 Å². The molecule has 4 nitrogen and oxygen atoms in total. The second-order valence-corrected chi connectivity index (χ2v) is 5.79. The van der Waals surface area contributed by atoms with Crippen LogP contribution in [0.1, 0.15) is 34.8 Å². The Hall–Kier alpha value is -1.07. The number of esters is 1. The molecule has 1 aromatic rings. The van der Waals surface area contributed by atoms with E-state index in [9.17, 15) is 9.35 Å². The van der Waals surface area contributed by atoms with Gasteiger partial charge in [-0.15, -0.1) is 0 Å². The van der Waals surface area contributed by atoms with Crippen molar-refractivity contribution in [1.82, 2.24) is 4.98 Å². The van der Waals surface area contributed by atoms with Gasteiger partial charge in [0.1, 0.15) is 17.2 Å². The fourth-order valence-electron chi connectivity index (χ4n) is 2.00. The summed E-state index contributed by atoms with van der Waals surface area (Å²) in [5, 5.41) is 0. The fourth-order valence-corrected chi connectivity index (χ4v) is 3.30. The Kier molecular flexibility index (Phi) is 4.02. The Morgan fingerprint density at radius 3 is 2.71 bits per heavy atom. The molecule has 1 aromatic heterocycles. The highest BCUT2D eigenvalue weighted by molar-refractivity contribution is 7.91. The van der Waals surface area contributed by atoms with E-state index in [2.05, 4.69) is 9.72 Å². The number of aromatic nitrogens is 1. The predicted molar refractivity (Wildman–Crippen MR) is 65.4 cm³/mol. The number of nitrogens with zero attached hydrogens (tertiary/aromatic N) is 1. The number of carbonyl (C=O) groups excluding carboxylic acids is 1. The van der Waals surface area contributed by atoms with Gasteiger partial charge in [0.15, 0.2) is 0 Å². The lowest BCUT2D eigenvalue weighted by atomic mass is 9.95. The maximum Gasteiger partial charge on any atom is 0.356 e. The third-order valence-electron chi connectivity index (χ3n) is 3.04. The molecule has 0 spiro atoms. The summed E-state index contributed by atoms with van der Waals surface area (Å²) in [5.41, 5.74) is 1.45. The maximum atomic E-state index is 11.3. The molecule has 0 unspecified atom stereocenters. The van der Waals surface area contributed by atoms with Gasteiger partial charge >= 0.3 is 5.97 Å². The zero-order valence-corrected chi connectivity index (χ0v) is 10.5. The third kappa shape index (κ3) is 2.98. The van der Waals surface area contributed by atoms with Gasteiger partial charge in [-0.05, 0) is 30.4 Å². The summed E-state index contributed by atoms with van der Waals surface area (Å²) in [5.74, 6) is 1.54. The molecule has 92 valence electrons. The molecule has 1 aliphatic heterocycles. The van der Waals surface area contributed by atoms with Crippen LogP contribution in [0.3, 0.4) is 0 Å². The molecule has 5 heteroatoms. The first-order valence-corrected chi connectivity index (χ1v) is 7.08. The number of hydrogen-bond donors (Lipinski definition) is 0. The Morgan fingerprint density at radius 1 is 1.47 bits per heavy atom. The Labute approximate surface area is 104 Å². The van der Waals surface area contributed by atoms with E-state index in [1.807, 2.05) is 6.07 Å². The van der Waals surface area contributed by atoms with Crippen LogP contribution in [0, 0.1) is 0 Å². The summed E-state index contributed by atoms with van der Waals surface area (Å²) >= 11 is -0.642.